The molecule has 0 aromatic heterocycles. The van der Waals surface area contributed by atoms with E-state index < -0.39 is 22.3 Å². The van der Waals surface area contributed by atoms with Crippen LogP contribution in [0.25, 0.3) is 0 Å². The van der Waals surface area contributed by atoms with Crippen molar-refractivity contribution in [1.29, 1.82) is 0 Å². The van der Waals surface area contributed by atoms with Crippen LogP contribution in [0.5, 0.6) is 0 Å². The third-order valence-electron chi connectivity index (χ3n) is 3.47. The van der Waals surface area contributed by atoms with Crippen LogP contribution in [0.3, 0.4) is 0 Å². The van der Waals surface area contributed by atoms with Gasteiger partial charge in [-0.2, -0.15) is 0 Å². The van der Waals surface area contributed by atoms with Crippen molar-refractivity contribution in [2.45, 2.75) is 19.6 Å². The van der Waals surface area contributed by atoms with Gasteiger partial charge in [-0.3, -0.25) is 14.9 Å². The predicted octanol–water partition coefficient (Wildman–Crippen LogP) is 3.96. The number of benzene rings is 2. The minimum atomic E-state index is -0.794. The molecule has 2 aromatic rings. The topological polar surface area (TPSA) is 98.5 Å². The molecule has 0 aliphatic carbocycles. The molecule has 1 atom stereocenters. The predicted molar refractivity (Wildman–Crippen MR) is 91.5 cm³/mol. The van der Waals surface area contributed by atoms with Gasteiger partial charge in [0.25, 0.3) is 10.9 Å². The van der Waals surface area contributed by atoms with Crippen LogP contribution in [0.1, 0.15) is 34.5 Å². The molecule has 0 aliphatic heterocycles. The van der Waals surface area contributed by atoms with Gasteiger partial charge in [0.05, 0.1) is 16.5 Å². The molecular weight excluding hydrogens is 348 g/mol. The number of nitrogens with zero attached hydrogens (tertiary/aromatic N) is 1. The molecule has 8 heteroatoms. The average molecular weight is 363 g/mol. The van der Waals surface area contributed by atoms with Crippen LogP contribution in [-0.4, -0.2) is 16.3 Å². The zero-order chi connectivity index (χ0) is 18.4. The van der Waals surface area contributed by atoms with Gasteiger partial charge in [-0.1, -0.05) is 30.3 Å². The fourth-order valence-electron chi connectivity index (χ4n) is 2.21. The molecule has 25 heavy (non-hydrogen) atoms. The Kier molecular flexibility index (Phi) is 6.08. The van der Waals surface area contributed by atoms with E-state index in [1.165, 1.54) is 12.1 Å². The summed E-state index contributed by atoms with van der Waals surface area (Å²) in [5, 5.41) is 12.9. The Hall–Kier alpha value is -2.93. The molecule has 7 nitrogen and oxygen atoms in total. The fourth-order valence-corrected chi connectivity index (χ4v) is 2.33. The minimum Gasteiger partial charge on any atom is -0.445 e. The van der Waals surface area contributed by atoms with Gasteiger partial charge >= 0.3 is 6.09 Å². The van der Waals surface area contributed by atoms with Gasteiger partial charge in [0, 0.05) is 11.6 Å². The summed E-state index contributed by atoms with van der Waals surface area (Å²) in [5.41, 5.74) is 0.767. The van der Waals surface area contributed by atoms with Gasteiger partial charge in [-0.15, -0.1) is 0 Å². The Labute approximate surface area is 148 Å². The van der Waals surface area contributed by atoms with Gasteiger partial charge in [-0.05, 0) is 36.2 Å². The Bertz CT molecular complexity index is 795. The number of nitro groups is 1. The largest absolute Gasteiger partial charge is 0.445 e. The first kappa shape index (κ1) is 18.4. The van der Waals surface area contributed by atoms with Crippen molar-refractivity contribution in [2.24, 2.45) is 0 Å². The molecule has 2 aromatic carbocycles. The summed E-state index contributed by atoms with van der Waals surface area (Å²) in [6, 6.07) is 12.2. The third kappa shape index (κ3) is 5.02. The number of carbonyl (C=O) groups excluding carboxylic acids is 2. The molecule has 1 unspecified atom stereocenters. The summed E-state index contributed by atoms with van der Waals surface area (Å²) >= 11 is 5.34. The van der Waals surface area contributed by atoms with Gasteiger partial charge in [-0.25, -0.2) is 4.79 Å². The van der Waals surface area contributed by atoms with Crippen LogP contribution in [0.4, 0.5) is 10.5 Å². The molecule has 0 saturated carbocycles. The Morgan fingerprint density at radius 2 is 1.92 bits per heavy atom. The van der Waals surface area contributed by atoms with Crippen molar-refractivity contribution in [3.05, 3.63) is 75.3 Å². The normalized spacial score (nSPS) is 11.4. The third-order valence-corrected chi connectivity index (χ3v) is 3.69. The number of nitrogens with one attached hydrogen (secondary N) is 1. The van der Waals surface area contributed by atoms with Crippen LogP contribution in [-0.2, 0) is 11.3 Å². The lowest BCUT2D eigenvalue weighted by atomic mass is 10.0. The second kappa shape index (κ2) is 8.25. The van der Waals surface area contributed by atoms with Crippen molar-refractivity contribution in [3.8, 4) is 0 Å². The van der Waals surface area contributed by atoms with Crippen molar-refractivity contribution in [3.63, 3.8) is 0 Å². The van der Waals surface area contributed by atoms with Crippen LogP contribution in [0.2, 0.25) is 0 Å². The monoisotopic (exact) mass is 362 g/mol. The number of hydrogen-bond donors (Lipinski definition) is 1. The molecule has 0 bridgehead atoms. The standard InChI is InChI=1S/C17H15ClN2O5/c1-11(19-17(22)25-10-12-5-3-2-4-6-12)14-8-7-13(16(18)21)9-15(14)20(23)24/h2-9,11H,10H2,1H3,(H,19,22). The highest BCUT2D eigenvalue weighted by atomic mass is 35.5. The second-order valence-corrected chi connectivity index (χ2v) is 5.58. The van der Waals surface area contributed by atoms with E-state index in [0.29, 0.717) is 0 Å². The number of ether oxygens (including phenoxy) is 1. The summed E-state index contributed by atoms with van der Waals surface area (Å²) < 4.78 is 5.09. The summed E-state index contributed by atoms with van der Waals surface area (Å²) in [6.45, 7) is 1.66. The Morgan fingerprint density at radius 3 is 2.52 bits per heavy atom. The fraction of sp³-hybridized carbons (Fsp3) is 0.176. The van der Waals surface area contributed by atoms with E-state index in [0.717, 1.165) is 11.6 Å². The van der Waals surface area contributed by atoms with E-state index in [9.17, 15) is 19.7 Å². The van der Waals surface area contributed by atoms with Gasteiger partial charge < -0.3 is 10.1 Å². The molecule has 130 valence electrons. The lowest BCUT2D eigenvalue weighted by molar-refractivity contribution is -0.385. The highest BCUT2D eigenvalue weighted by Gasteiger charge is 2.22. The van der Waals surface area contributed by atoms with Gasteiger partial charge in [0.2, 0.25) is 0 Å². The molecular formula is C17H15ClN2O5. The molecule has 2 rings (SSSR count). The summed E-state index contributed by atoms with van der Waals surface area (Å²) in [4.78, 5) is 33.6. The highest BCUT2D eigenvalue weighted by molar-refractivity contribution is 6.67. The maximum absolute atomic E-state index is 11.9. The van der Waals surface area contributed by atoms with Gasteiger partial charge in [0.1, 0.15) is 6.61 Å². The maximum atomic E-state index is 11.9. The number of halogens is 1. The van der Waals surface area contributed by atoms with Crippen molar-refractivity contribution in [2.75, 3.05) is 0 Å². The summed E-state index contributed by atoms with van der Waals surface area (Å²) in [5.74, 6) is 0. The zero-order valence-corrected chi connectivity index (χ0v) is 14.0. The Morgan fingerprint density at radius 1 is 1.24 bits per heavy atom. The average Bonchev–Trinajstić information content (AvgIpc) is 2.60. The lowest BCUT2D eigenvalue weighted by Crippen LogP contribution is -2.27. The molecule has 1 amide bonds. The molecule has 0 saturated heterocycles. The Balaban J connectivity index is 2.06. The maximum Gasteiger partial charge on any atom is 0.407 e. The quantitative estimate of drug-likeness (QED) is 0.476. The van der Waals surface area contributed by atoms with Crippen LogP contribution >= 0.6 is 11.6 Å². The highest BCUT2D eigenvalue weighted by Crippen LogP contribution is 2.27. The number of carbonyl (C=O) groups is 2. The minimum absolute atomic E-state index is 0.0102. The number of amides is 1. The molecule has 0 heterocycles. The number of hydrogen-bond acceptors (Lipinski definition) is 5. The number of alkyl carbamates (subject to hydrolysis) is 1. The van der Waals surface area contributed by atoms with E-state index in [1.807, 2.05) is 30.3 Å². The van der Waals surface area contributed by atoms with Crippen molar-refractivity contribution >= 4 is 28.6 Å². The van der Waals surface area contributed by atoms with Gasteiger partial charge in [0.15, 0.2) is 0 Å². The van der Waals surface area contributed by atoms with E-state index >= 15 is 0 Å². The summed E-state index contributed by atoms with van der Waals surface area (Å²) in [6.07, 6.45) is -0.705. The lowest BCUT2D eigenvalue weighted by Gasteiger charge is -2.15. The smallest absolute Gasteiger partial charge is 0.407 e. The first-order valence-corrected chi connectivity index (χ1v) is 7.71. The van der Waals surface area contributed by atoms with E-state index in [2.05, 4.69) is 5.32 Å². The van der Waals surface area contributed by atoms with Crippen molar-refractivity contribution < 1.29 is 19.2 Å². The first-order valence-electron chi connectivity index (χ1n) is 7.34. The van der Waals surface area contributed by atoms with Crippen LogP contribution in [0.15, 0.2) is 48.5 Å². The second-order valence-electron chi connectivity index (χ2n) is 5.23. The zero-order valence-electron chi connectivity index (χ0n) is 13.3. The van der Waals surface area contributed by atoms with E-state index in [-0.39, 0.29) is 23.4 Å². The molecule has 1 N–H and O–H groups in total. The molecule has 0 spiro atoms. The SMILES string of the molecule is CC(NC(=O)OCc1ccccc1)c1ccc(C(=O)Cl)cc1[N+](=O)[O-]. The first-order chi connectivity index (χ1) is 11.9. The molecule has 0 aliphatic rings. The van der Waals surface area contributed by atoms with Crippen LogP contribution < -0.4 is 5.32 Å². The molecule has 0 fully saturated rings. The number of nitro benzene ring substituents is 1. The van der Waals surface area contributed by atoms with E-state index in [4.69, 9.17) is 16.3 Å². The van der Waals surface area contributed by atoms with Crippen molar-refractivity contribution in [1.82, 2.24) is 5.32 Å². The van der Waals surface area contributed by atoms with E-state index in [1.54, 1.807) is 6.92 Å². The van der Waals surface area contributed by atoms with Crippen LogP contribution in [0, 0.1) is 10.1 Å². The molecule has 0 radical (unpaired) electrons. The summed E-state index contributed by atoms with van der Waals surface area (Å²) in [7, 11) is 0. The number of rotatable bonds is 6.